The summed E-state index contributed by atoms with van der Waals surface area (Å²) >= 11 is 0. The summed E-state index contributed by atoms with van der Waals surface area (Å²) in [6.07, 6.45) is 5.52. The monoisotopic (exact) mass is 350 g/mol. The predicted octanol–water partition coefficient (Wildman–Crippen LogP) is 0.875. The van der Waals surface area contributed by atoms with E-state index in [1.54, 1.807) is 0 Å². The van der Waals surface area contributed by atoms with Gasteiger partial charge in [-0.05, 0) is 32.4 Å². The van der Waals surface area contributed by atoms with Crippen molar-refractivity contribution < 1.29 is 9.59 Å². The summed E-state index contributed by atoms with van der Waals surface area (Å²) in [6.45, 7) is 7.15. The van der Waals surface area contributed by atoms with Crippen molar-refractivity contribution >= 4 is 11.8 Å². The van der Waals surface area contributed by atoms with E-state index in [2.05, 4.69) is 23.9 Å². The van der Waals surface area contributed by atoms with Crippen molar-refractivity contribution in [3.63, 3.8) is 0 Å². The molecule has 1 saturated carbocycles. The molecular weight excluding hydrogens is 316 g/mol. The lowest BCUT2D eigenvalue weighted by Gasteiger charge is -2.38. The Kier molecular flexibility index (Phi) is 6.00. The molecule has 0 radical (unpaired) electrons. The lowest BCUT2D eigenvalue weighted by atomic mass is 9.78. The molecule has 142 valence electrons. The quantitative estimate of drug-likeness (QED) is 0.755. The standard InChI is InChI=1S/C19H34N4O2/c1-20-7-11-22(12-8-20)17(24)15-19(5-3-4-6-19)16-18(25)23-13-9-21(2)10-14-23/h3-16H2,1-2H3. The summed E-state index contributed by atoms with van der Waals surface area (Å²) in [7, 11) is 4.21. The van der Waals surface area contributed by atoms with Crippen LogP contribution in [0.2, 0.25) is 0 Å². The van der Waals surface area contributed by atoms with Crippen LogP contribution >= 0.6 is 0 Å². The molecule has 2 heterocycles. The molecule has 2 aliphatic heterocycles. The zero-order valence-corrected chi connectivity index (χ0v) is 16.0. The van der Waals surface area contributed by atoms with Crippen molar-refractivity contribution in [2.45, 2.75) is 38.5 Å². The number of carbonyl (C=O) groups is 2. The number of piperazine rings is 2. The fraction of sp³-hybridized carbons (Fsp3) is 0.895. The van der Waals surface area contributed by atoms with E-state index >= 15 is 0 Å². The zero-order valence-electron chi connectivity index (χ0n) is 16.0. The van der Waals surface area contributed by atoms with Crippen molar-refractivity contribution in [2.24, 2.45) is 5.41 Å². The Labute approximate surface area is 152 Å². The van der Waals surface area contributed by atoms with E-state index in [4.69, 9.17) is 0 Å². The van der Waals surface area contributed by atoms with Crippen molar-refractivity contribution in [2.75, 3.05) is 66.5 Å². The Bertz CT molecular complexity index is 436. The first-order valence-electron chi connectivity index (χ1n) is 9.90. The molecule has 6 heteroatoms. The third kappa shape index (κ3) is 4.73. The number of nitrogens with zero attached hydrogens (tertiary/aromatic N) is 4. The smallest absolute Gasteiger partial charge is 0.223 e. The van der Waals surface area contributed by atoms with Gasteiger partial charge in [-0.1, -0.05) is 12.8 Å². The first-order valence-corrected chi connectivity index (χ1v) is 9.90. The molecule has 2 amide bonds. The van der Waals surface area contributed by atoms with Crippen LogP contribution in [0.1, 0.15) is 38.5 Å². The Morgan fingerprint density at radius 3 is 1.40 bits per heavy atom. The molecule has 0 unspecified atom stereocenters. The fourth-order valence-corrected chi connectivity index (χ4v) is 4.52. The molecule has 0 N–H and O–H groups in total. The molecule has 0 atom stereocenters. The molecule has 0 aromatic rings. The summed E-state index contributed by atoms with van der Waals surface area (Å²) in [4.78, 5) is 34.3. The summed E-state index contributed by atoms with van der Waals surface area (Å²) in [6, 6.07) is 0. The molecule has 3 aliphatic rings. The van der Waals surface area contributed by atoms with E-state index in [-0.39, 0.29) is 17.2 Å². The molecule has 3 fully saturated rings. The zero-order chi connectivity index (χ0) is 17.9. The maximum absolute atomic E-state index is 12.8. The number of rotatable bonds is 4. The highest BCUT2D eigenvalue weighted by Gasteiger charge is 2.40. The van der Waals surface area contributed by atoms with Crippen LogP contribution in [0.4, 0.5) is 0 Å². The van der Waals surface area contributed by atoms with Gasteiger partial charge < -0.3 is 19.6 Å². The fourth-order valence-electron chi connectivity index (χ4n) is 4.52. The highest BCUT2D eigenvalue weighted by molar-refractivity contribution is 5.80. The minimum Gasteiger partial charge on any atom is -0.340 e. The van der Waals surface area contributed by atoms with E-state index in [1.165, 1.54) is 0 Å². The van der Waals surface area contributed by atoms with Crippen LogP contribution in [0.25, 0.3) is 0 Å². The Morgan fingerprint density at radius 2 is 1.04 bits per heavy atom. The third-order valence-electron chi connectivity index (χ3n) is 6.43. The van der Waals surface area contributed by atoms with Crippen LogP contribution in [-0.4, -0.2) is 97.9 Å². The molecule has 25 heavy (non-hydrogen) atoms. The number of hydrogen-bond acceptors (Lipinski definition) is 4. The van der Waals surface area contributed by atoms with Gasteiger partial charge in [-0.15, -0.1) is 0 Å². The van der Waals surface area contributed by atoms with Gasteiger partial charge in [-0.2, -0.15) is 0 Å². The Hall–Kier alpha value is -1.14. The Balaban J connectivity index is 1.57. The largest absolute Gasteiger partial charge is 0.340 e. The second kappa shape index (κ2) is 8.04. The summed E-state index contributed by atoms with van der Waals surface area (Å²) in [5, 5.41) is 0. The van der Waals surface area contributed by atoms with Crippen LogP contribution in [0.5, 0.6) is 0 Å². The average Bonchev–Trinajstić information content (AvgIpc) is 3.04. The van der Waals surface area contributed by atoms with Crippen LogP contribution in [-0.2, 0) is 9.59 Å². The maximum Gasteiger partial charge on any atom is 0.223 e. The van der Waals surface area contributed by atoms with E-state index in [0.717, 1.165) is 78.0 Å². The highest BCUT2D eigenvalue weighted by atomic mass is 16.2. The van der Waals surface area contributed by atoms with Crippen LogP contribution in [0.15, 0.2) is 0 Å². The third-order valence-corrected chi connectivity index (χ3v) is 6.43. The van der Waals surface area contributed by atoms with Crippen LogP contribution in [0, 0.1) is 5.41 Å². The molecule has 3 rings (SSSR count). The molecule has 1 aliphatic carbocycles. The second-order valence-corrected chi connectivity index (χ2v) is 8.43. The normalized spacial score (nSPS) is 25.4. The van der Waals surface area contributed by atoms with Gasteiger partial charge >= 0.3 is 0 Å². The topological polar surface area (TPSA) is 47.1 Å². The molecule has 0 bridgehead atoms. The summed E-state index contributed by atoms with van der Waals surface area (Å²) < 4.78 is 0. The van der Waals surface area contributed by atoms with E-state index in [9.17, 15) is 9.59 Å². The molecule has 0 spiro atoms. The highest BCUT2D eigenvalue weighted by Crippen LogP contribution is 2.45. The lowest BCUT2D eigenvalue weighted by molar-refractivity contribution is -0.139. The van der Waals surface area contributed by atoms with Gasteiger partial charge in [-0.25, -0.2) is 0 Å². The van der Waals surface area contributed by atoms with Gasteiger partial charge in [-0.3, -0.25) is 9.59 Å². The molecule has 0 aromatic carbocycles. The first kappa shape index (κ1) is 18.6. The SMILES string of the molecule is CN1CCN(C(=O)CC2(CC(=O)N3CCN(C)CC3)CCCC2)CC1. The van der Waals surface area contributed by atoms with Crippen LogP contribution < -0.4 is 0 Å². The van der Waals surface area contributed by atoms with Gasteiger partial charge in [0.15, 0.2) is 0 Å². The average molecular weight is 351 g/mol. The first-order chi connectivity index (χ1) is 12.0. The number of amides is 2. The second-order valence-electron chi connectivity index (χ2n) is 8.43. The van der Waals surface area contributed by atoms with Gasteiger partial charge in [0, 0.05) is 65.2 Å². The van der Waals surface area contributed by atoms with Crippen molar-refractivity contribution in [1.29, 1.82) is 0 Å². The minimum absolute atomic E-state index is 0.0825. The van der Waals surface area contributed by atoms with Gasteiger partial charge in [0.25, 0.3) is 0 Å². The summed E-state index contributed by atoms with van der Waals surface area (Å²) in [5.41, 5.74) is -0.0825. The maximum atomic E-state index is 12.8. The molecule has 0 aromatic heterocycles. The lowest BCUT2D eigenvalue weighted by Crippen LogP contribution is -2.49. The minimum atomic E-state index is -0.0825. The predicted molar refractivity (Wildman–Crippen MR) is 98.3 cm³/mol. The van der Waals surface area contributed by atoms with E-state index in [0.29, 0.717) is 12.8 Å². The number of likely N-dealkylation sites (N-methyl/N-ethyl adjacent to an activating group) is 2. The number of carbonyl (C=O) groups excluding carboxylic acids is 2. The van der Waals surface area contributed by atoms with Crippen molar-refractivity contribution in [3.8, 4) is 0 Å². The molecule has 6 nitrogen and oxygen atoms in total. The van der Waals surface area contributed by atoms with Gasteiger partial charge in [0.1, 0.15) is 0 Å². The van der Waals surface area contributed by atoms with Gasteiger partial charge in [0.2, 0.25) is 11.8 Å². The van der Waals surface area contributed by atoms with Crippen molar-refractivity contribution in [3.05, 3.63) is 0 Å². The van der Waals surface area contributed by atoms with Gasteiger partial charge in [0.05, 0.1) is 0 Å². The summed E-state index contributed by atoms with van der Waals surface area (Å²) in [5.74, 6) is 0.530. The van der Waals surface area contributed by atoms with Crippen LogP contribution in [0.3, 0.4) is 0 Å². The van der Waals surface area contributed by atoms with Crippen molar-refractivity contribution in [1.82, 2.24) is 19.6 Å². The van der Waals surface area contributed by atoms with E-state index < -0.39 is 0 Å². The molecule has 2 saturated heterocycles. The molecular formula is C19H34N4O2. The van der Waals surface area contributed by atoms with E-state index in [1.807, 2.05) is 9.80 Å². The number of hydrogen-bond donors (Lipinski definition) is 0. The Morgan fingerprint density at radius 1 is 0.680 bits per heavy atom.